The van der Waals surface area contributed by atoms with Gasteiger partial charge in [0.15, 0.2) is 0 Å². The molecule has 0 saturated carbocycles. The maximum atomic E-state index is 12.8. The summed E-state index contributed by atoms with van der Waals surface area (Å²) in [5, 5.41) is 9.44. The Kier molecular flexibility index (Phi) is 7.03. The van der Waals surface area contributed by atoms with Crippen molar-refractivity contribution in [1.82, 2.24) is 14.7 Å². The van der Waals surface area contributed by atoms with Crippen LogP contribution in [-0.2, 0) is 14.3 Å². The number of hydrogen-bond acceptors (Lipinski definition) is 5. The predicted molar refractivity (Wildman–Crippen MR) is 107 cm³/mol. The first-order valence-corrected chi connectivity index (χ1v) is 10.2. The summed E-state index contributed by atoms with van der Waals surface area (Å²) in [7, 11) is 1.53. The fraction of sp³-hybridized carbons (Fsp3) is 0.850. The van der Waals surface area contributed by atoms with Gasteiger partial charge in [-0.05, 0) is 39.5 Å². The molecule has 2 fully saturated rings. The smallest absolute Gasteiger partial charge is 0.410 e. The maximum absolute atomic E-state index is 12.8. The lowest BCUT2D eigenvalue weighted by Crippen LogP contribution is -2.60. The molecule has 2 rings (SSSR count). The second kappa shape index (κ2) is 8.77. The molecular weight excluding hydrogens is 378 g/mol. The zero-order chi connectivity index (χ0) is 22.0. The van der Waals surface area contributed by atoms with Crippen molar-refractivity contribution in [1.29, 1.82) is 0 Å². The van der Waals surface area contributed by atoms with Crippen molar-refractivity contribution in [2.75, 3.05) is 39.8 Å². The van der Waals surface area contributed by atoms with E-state index < -0.39 is 23.2 Å². The Hall–Kier alpha value is -2.03. The molecule has 2 saturated heterocycles. The highest BCUT2D eigenvalue weighted by Crippen LogP contribution is 2.31. The number of rotatable bonds is 3. The number of carboxylic acids is 1. The van der Waals surface area contributed by atoms with Gasteiger partial charge in [-0.15, -0.1) is 0 Å². The van der Waals surface area contributed by atoms with E-state index in [0.717, 1.165) is 0 Å². The SMILES string of the molecule is CC(C)C(C(=O)O)N(C)C(=O)N1CCC2(CC1)CN(C(=O)OC(C)(C)C)CCO2. The first-order chi connectivity index (χ1) is 13.4. The fourth-order valence-electron chi connectivity index (χ4n) is 3.98. The third-order valence-corrected chi connectivity index (χ3v) is 5.45. The van der Waals surface area contributed by atoms with Gasteiger partial charge in [0.2, 0.25) is 0 Å². The van der Waals surface area contributed by atoms with Gasteiger partial charge in [-0.2, -0.15) is 0 Å². The van der Waals surface area contributed by atoms with Crippen LogP contribution >= 0.6 is 0 Å². The van der Waals surface area contributed by atoms with E-state index in [1.165, 1.54) is 11.9 Å². The van der Waals surface area contributed by atoms with Gasteiger partial charge in [-0.3, -0.25) is 0 Å². The highest BCUT2D eigenvalue weighted by atomic mass is 16.6. The van der Waals surface area contributed by atoms with Crippen LogP contribution in [0.15, 0.2) is 0 Å². The van der Waals surface area contributed by atoms with Crippen LogP contribution in [0, 0.1) is 5.92 Å². The van der Waals surface area contributed by atoms with Crippen LogP contribution in [0.2, 0.25) is 0 Å². The van der Waals surface area contributed by atoms with E-state index >= 15 is 0 Å². The summed E-state index contributed by atoms with van der Waals surface area (Å²) in [4.78, 5) is 41.4. The summed E-state index contributed by atoms with van der Waals surface area (Å²) >= 11 is 0. The number of piperidine rings is 1. The third-order valence-electron chi connectivity index (χ3n) is 5.45. The molecule has 1 spiro atoms. The van der Waals surface area contributed by atoms with E-state index in [9.17, 15) is 19.5 Å². The van der Waals surface area contributed by atoms with E-state index in [4.69, 9.17) is 9.47 Å². The van der Waals surface area contributed by atoms with Crippen LogP contribution in [0.4, 0.5) is 9.59 Å². The van der Waals surface area contributed by atoms with Crippen LogP contribution in [0.1, 0.15) is 47.5 Å². The van der Waals surface area contributed by atoms with Crippen molar-refractivity contribution < 1.29 is 29.0 Å². The molecule has 9 nitrogen and oxygen atoms in total. The molecular formula is C20H35N3O6. The van der Waals surface area contributed by atoms with Crippen LogP contribution in [0.5, 0.6) is 0 Å². The minimum Gasteiger partial charge on any atom is -0.480 e. The highest BCUT2D eigenvalue weighted by molar-refractivity contribution is 5.82. The van der Waals surface area contributed by atoms with Crippen molar-refractivity contribution in [3.05, 3.63) is 0 Å². The molecule has 0 aromatic carbocycles. The van der Waals surface area contributed by atoms with Crippen molar-refractivity contribution in [2.24, 2.45) is 5.92 Å². The Morgan fingerprint density at radius 3 is 2.17 bits per heavy atom. The Bertz CT molecular complexity index is 622. The van der Waals surface area contributed by atoms with E-state index in [0.29, 0.717) is 45.6 Å². The number of carbonyl (C=O) groups is 3. The number of aliphatic carboxylic acids is 1. The van der Waals surface area contributed by atoms with Gasteiger partial charge >= 0.3 is 18.1 Å². The quantitative estimate of drug-likeness (QED) is 0.762. The molecule has 0 aliphatic carbocycles. The largest absolute Gasteiger partial charge is 0.480 e. The number of amides is 3. The molecule has 1 atom stereocenters. The van der Waals surface area contributed by atoms with Crippen LogP contribution in [-0.4, -0.2) is 95.0 Å². The third kappa shape index (κ3) is 5.74. The van der Waals surface area contributed by atoms with Crippen molar-refractivity contribution in [3.63, 3.8) is 0 Å². The average Bonchev–Trinajstić information content (AvgIpc) is 2.60. The summed E-state index contributed by atoms with van der Waals surface area (Å²) in [6.07, 6.45) is 0.830. The Labute approximate surface area is 172 Å². The molecule has 3 amide bonds. The molecule has 0 bridgehead atoms. The number of likely N-dealkylation sites (N-methyl/N-ethyl adjacent to an activating group) is 1. The number of urea groups is 1. The standard InChI is InChI=1S/C20H35N3O6/c1-14(2)15(16(24)25)21(6)17(26)22-9-7-20(8-10-22)13-23(11-12-28-20)18(27)29-19(3,4)5/h14-15H,7-13H2,1-6H3,(H,24,25). The minimum atomic E-state index is -1.01. The number of carbonyl (C=O) groups excluding carboxylic acids is 2. The first kappa shape index (κ1) is 23.3. The van der Waals surface area contributed by atoms with Gasteiger partial charge in [0.05, 0.1) is 18.8 Å². The lowest BCUT2D eigenvalue weighted by Gasteiger charge is -2.47. The molecule has 2 heterocycles. The summed E-state index contributed by atoms with van der Waals surface area (Å²) < 4.78 is 11.5. The topological polar surface area (TPSA) is 99.6 Å². The van der Waals surface area contributed by atoms with Gasteiger partial charge in [0.1, 0.15) is 11.6 Å². The van der Waals surface area contributed by atoms with E-state index in [-0.39, 0.29) is 18.0 Å². The first-order valence-electron chi connectivity index (χ1n) is 10.2. The lowest BCUT2D eigenvalue weighted by molar-refractivity contribution is -0.144. The fourth-order valence-corrected chi connectivity index (χ4v) is 3.98. The summed E-state index contributed by atoms with van der Waals surface area (Å²) in [6, 6.07) is -1.16. The monoisotopic (exact) mass is 413 g/mol. The number of nitrogens with zero attached hydrogens (tertiary/aromatic N) is 3. The zero-order valence-corrected chi connectivity index (χ0v) is 18.4. The van der Waals surface area contributed by atoms with Crippen molar-refractivity contribution in [2.45, 2.75) is 64.7 Å². The molecule has 9 heteroatoms. The molecule has 0 aromatic heterocycles. The number of likely N-dealkylation sites (tertiary alicyclic amines) is 1. The lowest BCUT2D eigenvalue weighted by atomic mass is 9.89. The molecule has 0 aromatic rings. The number of ether oxygens (including phenoxy) is 2. The molecule has 0 radical (unpaired) electrons. The Morgan fingerprint density at radius 2 is 1.69 bits per heavy atom. The van der Waals surface area contributed by atoms with Gasteiger partial charge in [0.25, 0.3) is 0 Å². The van der Waals surface area contributed by atoms with Crippen LogP contribution in [0.3, 0.4) is 0 Å². The molecule has 2 aliphatic rings. The Morgan fingerprint density at radius 1 is 1.10 bits per heavy atom. The number of carboxylic acid groups (broad SMARTS) is 1. The minimum absolute atomic E-state index is 0.193. The van der Waals surface area contributed by atoms with E-state index in [2.05, 4.69) is 0 Å². The van der Waals surface area contributed by atoms with Crippen LogP contribution < -0.4 is 0 Å². The second-order valence-electron chi connectivity index (χ2n) is 9.34. The number of hydrogen-bond donors (Lipinski definition) is 1. The van der Waals surface area contributed by atoms with Gasteiger partial charge in [0, 0.05) is 26.7 Å². The summed E-state index contributed by atoms with van der Waals surface area (Å²) in [5.41, 5.74) is -1.05. The molecule has 29 heavy (non-hydrogen) atoms. The molecule has 2 aliphatic heterocycles. The van der Waals surface area contributed by atoms with Crippen molar-refractivity contribution in [3.8, 4) is 0 Å². The Balaban J connectivity index is 1.97. The predicted octanol–water partition coefficient (Wildman–Crippen LogP) is 2.25. The van der Waals surface area contributed by atoms with Gasteiger partial charge in [-0.25, -0.2) is 14.4 Å². The maximum Gasteiger partial charge on any atom is 0.410 e. The number of morpholine rings is 1. The van der Waals surface area contributed by atoms with Gasteiger partial charge < -0.3 is 29.3 Å². The van der Waals surface area contributed by atoms with Crippen LogP contribution in [0.25, 0.3) is 0 Å². The van der Waals surface area contributed by atoms with Crippen molar-refractivity contribution >= 4 is 18.1 Å². The molecule has 166 valence electrons. The summed E-state index contributed by atoms with van der Waals surface area (Å²) in [5.74, 6) is -1.20. The molecule has 1 N–H and O–H groups in total. The summed E-state index contributed by atoms with van der Waals surface area (Å²) in [6.45, 7) is 11.3. The molecule has 1 unspecified atom stereocenters. The van der Waals surface area contributed by atoms with E-state index in [1.54, 1.807) is 23.6 Å². The van der Waals surface area contributed by atoms with E-state index in [1.807, 2.05) is 20.8 Å². The second-order valence-corrected chi connectivity index (χ2v) is 9.34. The zero-order valence-electron chi connectivity index (χ0n) is 18.4. The average molecular weight is 414 g/mol. The normalized spacial score (nSPS) is 20.5. The highest BCUT2D eigenvalue weighted by Gasteiger charge is 2.43. The van der Waals surface area contributed by atoms with Gasteiger partial charge in [-0.1, -0.05) is 13.8 Å².